The summed E-state index contributed by atoms with van der Waals surface area (Å²) in [5.74, 6) is 0.824. The van der Waals surface area contributed by atoms with Crippen LogP contribution in [0.1, 0.15) is 19.8 Å². The topological polar surface area (TPSA) is 89.4 Å². The van der Waals surface area contributed by atoms with Gasteiger partial charge in [-0.15, -0.1) is 0 Å². The van der Waals surface area contributed by atoms with E-state index in [1.54, 1.807) is 16.7 Å². The maximum Gasteiger partial charge on any atom is 0.232 e. The summed E-state index contributed by atoms with van der Waals surface area (Å²) in [6, 6.07) is 0.104. The van der Waals surface area contributed by atoms with Crippen LogP contribution in [0.15, 0.2) is 0 Å². The van der Waals surface area contributed by atoms with Crippen molar-refractivity contribution in [2.45, 2.75) is 25.8 Å². The number of piperidine rings is 1. The zero-order chi connectivity index (χ0) is 12.8. The summed E-state index contributed by atoms with van der Waals surface area (Å²) in [5, 5.41) is 0. The zero-order valence-electron chi connectivity index (χ0n) is 10.2. The summed E-state index contributed by atoms with van der Waals surface area (Å²) in [4.78, 5) is 24.7. The molecule has 0 aliphatic carbocycles. The standard InChI is InChI=1S/C11H21N3O2S/c1-8(12)6-17-7-10(15)14-4-2-3-9(5-14)11(13)16/h8-9H,2-7,12H2,1H3,(H2,13,16). The Morgan fingerprint density at radius 3 is 2.82 bits per heavy atom. The molecule has 4 N–H and O–H groups in total. The molecule has 1 fully saturated rings. The Bertz CT molecular complexity index is 284. The van der Waals surface area contributed by atoms with Gasteiger partial charge >= 0.3 is 0 Å². The van der Waals surface area contributed by atoms with Crippen LogP contribution in [0.3, 0.4) is 0 Å². The fraction of sp³-hybridized carbons (Fsp3) is 0.818. The highest BCUT2D eigenvalue weighted by molar-refractivity contribution is 7.99. The third-order valence-electron chi connectivity index (χ3n) is 2.78. The van der Waals surface area contributed by atoms with Crippen molar-refractivity contribution in [3.8, 4) is 0 Å². The van der Waals surface area contributed by atoms with Crippen molar-refractivity contribution in [1.29, 1.82) is 0 Å². The van der Waals surface area contributed by atoms with Crippen molar-refractivity contribution in [1.82, 2.24) is 4.90 Å². The van der Waals surface area contributed by atoms with E-state index in [9.17, 15) is 9.59 Å². The van der Waals surface area contributed by atoms with Gasteiger partial charge in [-0.2, -0.15) is 11.8 Å². The Balaban J connectivity index is 2.33. The normalized spacial score (nSPS) is 22.2. The number of primary amides is 1. The average molecular weight is 259 g/mol. The molecule has 2 unspecified atom stereocenters. The Hall–Kier alpha value is -0.750. The highest BCUT2D eigenvalue weighted by atomic mass is 32.2. The lowest BCUT2D eigenvalue weighted by Crippen LogP contribution is -2.44. The largest absolute Gasteiger partial charge is 0.369 e. The smallest absolute Gasteiger partial charge is 0.232 e. The molecule has 2 amide bonds. The molecule has 0 spiro atoms. The average Bonchev–Trinajstić information content (AvgIpc) is 2.28. The molecule has 0 aromatic rings. The van der Waals surface area contributed by atoms with Crippen LogP contribution in [-0.4, -0.2) is 47.4 Å². The first-order valence-corrected chi connectivity index (χ1v) is 7.06. The van der Waals surface area contributed by atoms with Crippen LogP contribution in [-0.2, 0) is 9.59 Å². The maximum atomic E-state index is 11.9. The Morgan fingerprint density at radius 2 is 2.24 bits per heavy atom. The van der Waals surface area contributed by atoms with Gasteiger partial charge in [0.2, 0.25) is 11.8 Å². The van der Waals surface area contributed by atoms with Crippen LogP contribution < -0.4 is 11.5 Å². The van der Waals surface area contributed by atoms with E-state index >= 15 is 0 Å². The van der Waals surface area contributed by atoms with Crippen LogP contribution in [0.25, 0.3) is 0 Å². The quantitative estimate of drug-likeness (QED) is 0.715. The summed E-state index contributed by atoms with van der Waals surface area (Å²) in [7, 11) is 0. The van der Waals surface area contributed by atoms with E-state index in [-0.39, 0.29) is 23.8 Å². The lowest BCUT2D eigenvalue weighted by molar-refractivity contribution is -0.132. The SMILES string of the molecule is CC(N)CSCC(=O)N1CCCC(C(N)=O)C1. The number of nitrogens with two attached hydrogens (primary N) is 2. The highest BCUT2D eigenvalue weighted by Crippen LogP contribution is 2.17. The molecule has 17 heavy (non-hydrogen) atoms. The molecule has 98 valence electrons. The molecule has 6 heteroatoms. The molecule has 0 aromatic carbocycles. The lowest BCUT2D eigenvalue weighted by Gasteiger charge is -2.31. The van der Waals surface area contributed by atoms with Crippen LogP contribution in [0.2, 0.25) is 0 Å². The Labute approximate surface area is 106 Å². The molecule has 1 aliphatic heterocycles. The second kappa shape index (κ2) is 6.86. The van der Waals surface area contributed by atoms with Crippen molar-refractivity contribution in [3.05, 3.63) is 0 Å². The number of likely N-dealkylation sites (tertiary alicyclic amines) is 1. The summed E-state index contributed by atoms with van der Waals surface area (Å²) >= 11 is 1.54. The summed E-state index contributed by atoms with van der Waals surface area (Å²) in [6.07, 6.45) is 1.66. The molecule has 1 rings (SSSR count). The minimum atomic E-state index is -0.300. The maximum absolute atomic E-state index is 11.9. The first kappa shape index (κ1) is 14.3. The third kappa shape index (κ3) is 4.95. The van der Waals surface area contributed by atoms with Crippen LogP contribution in [0, 0.1) is 5.92 Å². The van der Waals surface area contributed by atoms with Gasteiger partial charge in [-0.25, -0.2) is 0 Å². The molecule has 0 aromatic heterocycles. The molecule has 0 saturated carbocycles. The fourth-order valence-corrected chi connectivity index (χ4v) is 2.71. The van der Waals surface area contributed by atoms with Gasteiger partial charge in [0.1, 0.15) is 0 Å². The predicted octanol–water partition coefficient (Wildman–Crippen LogP) is -0.209. The van der Waals surface area contributed by atoms with Crippen molar-refractivity contribution in [2.24, 2.45) is 17.4 Å². The molecule has 5 nitrogen and oxygen atoms in total. The minimum Gasteiger partial charge on any atom is -0.369 e. The van der Waals surface area contributed by atoms with E-state index in [1.165, 1.54) is 0 Å². The van der Waals surface area contributed by atoms with Gasteiger partial charge in [-0.3, -0.25) is 9.59 Å². The van der Waals surface area contributed by atoms with Crippen LogP contribution in [0.5, 0.6) is 0 Å². The molecule has 2 atom stereocenters. The van der Waals surface area contributed by atoms with Gasteiger partial charge in [0.25, 0.3) is 0 Å². The van der Waals surface area contributed by atoms with E-state index in [1.807, 2.05) is 6.92 Å². The second-order valence-corrected chi connectivity index (χ2v) is 5.60. The van der Waals surface area contributed by atoms with E-state index in [0.29, 0.717) is 12.3 Å². The van der Waals surface area contributed by atoms with Crippen molar-refractivity contribution in [2.75, 3.05) is 24.6 Å². The fourth-order valence-electron chi connectivity index (χ4n) is 1.86. The molecule has 0 radical (unpaired) electrons. The van der Waals surface area contributed by atoms with E-state index in [4.69, 9.17) is 11.5 Å². The van der Waals surface area contributed by atoms with Crippen LogP contribution >= 0.6 is 11.8 Å². The molecule has 1 heterocycles. The number of carbonyl (C=O) groups excluding carboxylic acids is 2. The number of rotatable bonds is 5. The van der Waals surface area contributed by atoms with Crippen molar-refractivity contribution in [3.63, 3.8) is 0 Å². The summed E-state index contributed by atoms with van der Waals surface area (Å²) in [6.45, 7) is 3.13. The van der Waals surface area contributed by atoms with E-state index < -0.39 is 0 Å². The van der Waals surface area contributed by atoms with Gasteiger partial charge in [-0.05, 0) is 19.8 Å². The van der Waals surface area contributed by atoms with Gasteiger partial charge in [-0.1, -0.05) is 0 Å². The molecule has 0 bridgehead atoms. The number of thioether (sulfide) groups is 1. The Kier molecular flexibility index (Phi) is 5.77. The molecule has 1 saturated heterocycles. The van der Waals surface area contributed by atoms with Gasteiger partial charge in [0.15, 0.2) is 0 Å². The number of nitrogens with zero attached hydrogens (tertiary/aromatic N) is 1. The number of hydrogen-bond donors (Lipinski definition) is 2. The lowest BCUT2D eigenvalue weighted by atomic mass is 9.97. The van der Waals surface area contributed by atoms with Gasteiger partial charge < -0.3 is 16.4 Å². The zero-order valence-corrected chi connectivity index (χ0v) is 11.0. The molecular formula is C11H21N3O2S. The Morgan fingerprint density at radius 1 is 1.53 bits per heavy atom. The first-order chi connectivity index (χ1) is 8.00. The third-order valence-corrected chi connectivity index (χ3v) is 4.00. The first-order valence-electron chi connectivity index (χ1n) is 5.91. The predicted molar refractivity (Wildman–Crippen MR) is 69.5 cm³/mol. The van der Waals surface area contributed by atoms with E-state index in [2.05, 4.69) is 0 Å². The van der Waals surface area contributed by atoms with Gasteiger partial charge in [0, 0.05) is 24.9 Å². The van der Waals surface area contributed by atoms with Crippen LogP contribution in [0.4, 0.5) is 0 Å². The minimum absolute atomic E-state index is 0.0848. The summed E-state index contributed by atoms with van der Waals surface area (Å²) < 4.78 is 0. The van der Waals surface area contributed by atoms with Crippen molar-refractivity contribution >= 4 is 23.6 Å². The van der Waals surface area contributed by atoms with Gasteiger partial charge in [0.05, 0.1) is 11.7 Å². The molecular weight excluding hydrogens is 238 g/mol. The van der Waals surface area contributed by atoms with Crippen molar-refractivity contribution < 1.29 is 9.59 Å². The monoisotopic (exact) mass is 259 g/mol. The summed E-state index contributed by atoms with van der Waals surface area (Å²) in [5.41, 5.74) is 10.9. The number of amides is 2. The number of hydrogen-bond acceptors (Lipinski definition) is 4. The van der Waals surface area contributed by atoms with E-state index in [0.717, 1.165) is 25.1 Å². The number of carbonyl (C=O) groups is 2. The second-order valence-electron chi connectivity index (χ2n) is 4.57. The molecule has 1 aliphatic rings. The highest BCUT2D eigenvalue weighted by Gasteiger charge is 2.26.